The highest BCUT2D eigenvalue weighted by atomic mass is 32.2. The van der Waals surface area contributed by atoms with E-state index in [0.29, 0.717) is 28.4 Å². The normalized spacial score (nSPS) is 10.9. The van der Waals surface area contributed by atoms with Crippen LogP contribution in [0.4, 0.5) is 4.39 Å². The van der Waals surface area contributed by atoms with Gasteiger partial charge in [-0.05, 0) is 41.0 Å². The fraction of sp³-hybridized carbons (Fsp3) is 0.0833. The number of fused-ring (bicyclic) bond motifs is 1. The van der Waals surface area contributed by atoms with Crippen LogP contribution in [0.2, 0.25) is 0 Å². The second kappa shape index (κ2) is 8.45. The fourth-order valence-corrected chi connectivity index (χ4v) is 4.02. The van der Waals surface area contributed by atoms with E-state index in [2.05, 4.69) is 6.58 Å². The molecular formula is C24H19FN2OS. The van der Waals surface area contributed by atoms with Crippen LogP contribution >= 0.6 is 11.8 Å². The SMILES string of the molecule is C=Cc1ccc(CSc2nc3ccccc3c(=O)n2Cc2ccc(F)cc2)cc1. The maximum absolute atomic E-state index is 13.3. The first-order valence-electron chi connectivity index (χ1n) is 9.22. The molecule has 0 bridgehead atoms. The number of para-hydroxylation sites is 1. The molecule has 0 aliphatic rings. The van der Waals surface area contributed by atoms with Gasteiger partial charge in [-0.25, -0.2) is 9.37 Å². The molecule has 29 heavy (non-hydrogen) atoms. The fourth-order valence-electron chi connectivity index (χ4n) is 3.07. The minimum Gasteiger partial charge on any atom is -0.283 e. The van der Waals surface area contributed by atoms with Crippen molar-refractivity contribution in [1.29, 1.82) is 0 Å². The van der Waals surface area contributed by atoms with Crippen molar-refractivity contribution >= 4 is 28.7 Å². The van der Waals surface area contributed by atoms with Crippen LogP contribution in [-0.2, 0) is 12.3 Å². The summed E-state index contributed by atoms with van der Waals surface area (Å²) < 4.78 is 14.9. The molecule has 0 fully saturated rings. The number of aromatic nitrogens is 2. The van der Waals surface area contributed by atoms with Crippen molar-refractivity contribution in [2.24, 2.45) is 0 Å². The van der Waals surface area contributed by atoms with E-state index in [1.54, 1.807) is 22.8 Å². The molecule has 0 saturated heterocycles. The molecule has 4 rings (SSSR count). The largest absolute Gasteiger partial charge is 0.283 e. The zero-order valence-corrected chi connectivity index (χ0v) is 16.5. The Morgan fingerprint density at radius 3 is 2.38 bits per heavy atom. The third-order valence-corrected chi connectivity index (χ3v) is 5.71. The summed E-state index contributed by atoms with van der Waals surface area (Å²) in [6, 6.07) is 21.7. The number of thioether (sulfide) groups is 1. The summed E-state index contributed by atoms with van der Waals surface area (Å²) in [5.74, 6) is 0.390. The van der Waals surface area contributed by atoms with Crippen molar-refractivity contribution in [3.63, 3.8) is 0 Å². The quantitative estimate of drug-likeness (QED) is 0.315. The standard InChI is InChI=1S/C24H19FN2OS/c1-2-17-7-9-19(10-8-17)16-29-24-26-22-6-4-3-5-21(22)23(28)27(24)15-18-11-13-20(25)14-12-18/h2-14H,1,15-16H2. The van der Waals surface area contributed by atoms with Crippen molar-refractivity contribution in [3.05, 3.63) is 112 Å². The van der Waals surface area contributed by atoms with Gasteiger partial charge in [-0.1, -0.05) is 72.9 Å². The number of benzene rings is 3. The smallest absolute Gasteiger partial charge is 0.262 e. The van der Waals surface area contributed by atoms with Crippen LogP contribution in [-0.4, -0.2) is 9.55 Å². The van der Waals surface area contributed by atoms with Gasteiger partial charge in [-0.2, -0.15) is 0 Å². The lowest BCUT2D eigenvalue weighted by molar-refractivity contribution is 0.622. The molecule has 3 nitrogen and oxygen atoms in total. The van der Waals surface area contributed by atoms with Crippen LogP contribution in [0, 0.1) is 5.82 Å². The molecule has 144 valence electrons. The Labute approximate surface area is 172 Å². The Balaban J connectivity index is 1.70. The zero-order valence-electron chi connectivity index (χ0n) is 15.7. The summed E-state index contributed by atoms with van der Waals surface area (Å²) in [6.45, 7) is 4.11. The molecule has 0 saturated carbocycles. The maximum atomic E-state index is 13.3. The van der Waals surface area contributed by atoms with Crippen molar-refractivity contribution in [3.8, 4) is 0 Å². The third-order valence-electron chi connectivity index (χ3n) is 4.66. The molecule has 0 spiro atoms. The molecule has 0 atom stereocenters. The predicted octanol–water partition coefficient (Wildman–Crippen LogP) is 5.52. The first kappa shape index (κ1) is 19.2. The van der Waals surface area contributed by atoms with Gasteiger partial charge in [0.15, 0.2) is 5.16 Å². The second-order valence-electron chi connectivity index (χ2n) is 6.66. The van der Waals surface area contributed by atoms with Crippen LogP contribution < -0.4 is 5.56 Å². The van der Waals surface area contributed by atoms with Gasteiger partial charge in [0.1, 0.15) is 5.82 Å². The average Bonchev–Trinajstić information content (AvgIpc) is 2.76. The molecule has 0 amide bonds. The number of halogens is 1. The molecule has 0 radical (unpaired) electrons. The van der Waals surface area contributed by atoms with Gasteiger partial charge < -0.3 is 0 Å². The number of hydrogen-bond donors (Lipinski definition) is 0. The van der Waals surface area contributed by atoms with E-state index >= 15 is 0 Å². The van der Waals surface area contributed by atoms with Crippen molar-refractivity contribution in [2.75, 3.05) is 0 Å². The van der Waals surface area contributed by atoms with Crippen LogP contribution in [0.25, 0.3) is 17.0 Å². The van der Waals surface area contributed by atoms with Gasteiger partial charge in [0.05, 0.1) is 17.4 Å². The molecule has 0 aliphatic heterocycles. The van der Waals surface area contributed by atoms with E-state index in [9.17, 15) is 9.18 Å². The molecule has 5 heteroatoms. The van der Waals surface area contributed by atoms with Gasteiger partial charge in [-0.3, -0.25) is 9.36 Å². The van der Waals surface area contributed by atoms with E-state index in [0.717, 1.165) is 16.7 Å². The predicted molar refractivity (Wildman–Crippen MR) is 118 cm³/mol. The molecule has 3 aromatic carbocycles. The monoisotopic (exact) mass is 402 g/mol. The minimum absolute atomic E-state index is 0.0931. The maximum Gasteiger partial charge on any atom is 0.262 e. The topological polar surface area (TPSA) is 34.9 Å². The lowest BCUT2D eigenvalue weighted by Crippen LogP contribution is -2.24. The molecule has 4 aromatic rings. The summed E-state index contributed by atoms with van der Waals surface area (Å²) in [6.07, 6.45) is 1.81. The van der Waals surface area contributed by atoms with Gasteiger partial charge in [0, 0.05) is 5.75 Å². The van der Waals surface area contributed by atoms with Crippen LogP contribution in [0.1, 0.15) is 16.7 Å². The lowest BCUT2D eigenvalue weighted by atomic mass is 10.1. The van der Waals surface area contributed by atoms with E-state index < -0.39 is 0 Å². The first-order valence-corrected chi connectivity index (χ1v) is 10.2. The highest BCUT2D eigenvalue weighted by molar-refractivity contribution is 7.98. The van der Waals surface area contributed by atoms with Crippen LogP contribution in [0.15, 0.2) is 89.3 Å². The van der Waals surface area contributed by atoms with E-state index in [-0.39, 0.29) is 11.4 Å². The number of nitrogens with zero attached hydrogens (tertiary/aromatic N) is 2. The van der Waals surface area contributed by atoms with Gasteiger partial charge >= 0.3 is 0 Å². The summed E-state index contributed by atoms with van der Waals surface area (Å²) >= 11 is 1.52. The molecule has 0 unspecified atom stereocenters. The zero-order chi connectivity index (χ0) is 20.2. The highest BCUT2D eigenvalue weighted by Crippen LogP contribution is 2.23. The van der Waals surface area contributed by atoms with E-state index in [1.807, 2.05) is 48.5 Å². The van der Waals surface area contributed by atoms with Crippen LogP contribution in [0.5, 0.6) is 0 Å². The second-order valence-corrected chi connectivity index (χ2v) is 7.61. The Kier molecular flexibility index (Phi) is 5.58. The molecule has 0 aliphatic carbocycles. The van der Waals surface area contributed by atoms with Crippen molar-refractivity contribution in [1.82, 2.24) is 9.55 Å². The van der Waals surface area contributed by atoms with Gasteiger partial charge in [0.25, 0.3) is 5.56 Å². The Morgan fingerprint density at radius 2 is 1.66 bits per heavy atom. The van der Waals surface area contributed by atoms with Crippen molar-refractivity contribution < 1.29 is 4.39 Å². The number of rotatable bonds is 6. The molecule has 1 aromatic heterocycles. The summed E-state index contributed by atoms with van der Waals surface area (Å²) in [5, 5.41) is 1.22. The lowest BCUT2D eigenvalue weighted by Gasteiger charge is -2.13. The first-order chi connectivity index (χ1) is 14.1. The average molecular weight is 402 g/mol. The van der Waals surface area contributed by atoms with Gasteiger partial charge in [-0.15, -0.1) is 0 Å². The summed E-state index contributed by atoms with van der Waals surface area (Å²) in [7, 11) is 0. The Bertz CT molecular complexity index is 1210. The third kappa shape index (κ3) is 4.30. The van der Waals surface area contributed by atoms with E-state index in [4.69, 9.17) is 4.98 Å². The molecular weight excluding hydrogens is 383 g/mol. The van der Waals surface area contributed by atoms with Crippen LogP contribution in [0.3, 0.4) is 0 Å². The molecule has 0 N–H and O–H groups in total. The summed E-state index contributed by atoms with van der Waals surface area (Å²) in [5.41, 5.74) is 3.64. The van der Waals surface area contributed by atoms with Gasteiger partial charge in [0.2, 0.25) is 0 Å². The highest BCUT2D eigenvalue weighted by Gasteiger charge is 2.12. The van der Waals surface area contributed by atoms with Crippen molar-refractivity contribution in [2.45, 2.75) is 17.5 Å². The Morgan fingerprint density at radius 1 is 0.966 bits per heavy atom. The van der Waals surface area contributed by atoms with E-state index in [1.165, 1.54) is 23.9 Å². The number of hydrogen-bond acceptors (Lipinski definition) is 3. The Hall–Kier alpha value is -3.18. The minimum atomic E-state index is -0.296. The summed E-state index contributed by atoms with van der Waals surface area (Å²) in [4.78, 5) is 17.9. The molecule has 1 heterocycles.